The van der Waals surface area contributed by atoms with Gasteiger partial charge >= 0.3 is 0 Å². The first-order valence-electron chi connectivity index (χ1n) is 8.74. The number of likely N-dealkylation sites (tertiary alicyclic amines) is 1. The number of piperidine rings is 1. The minimum absolute atomic E-state index is 0.122. The molecule has 0 N–H and O–H groups in total. The Balaban J connectivity index is 1.46. The molecule has 1 saturated heterocycles. The first-order chi connectivity index (χ1) is 12.7. The molecule has 1 unspecified atom stereocenters. The molecule has 6 heteroatoms. The SMILES string of the molecule is Fc1ccc(-c2noc(C3CCCN(Cc4ccccc4F)C3)n2)cc1. The number of nitrogens with zero attached hydrogens (tertiary/aromatic N) is 3. The van der Waals surface area contributed by atoms with Crippen molar-refractivity contribution >= 4 is 0 Å². The highest BCUT2D eigenvalue weighted by Gasteiger charge is 2.26. The summed E-state index contributed by atoms with van der Waals surface area (Å²) in [5, 5.41) is 4.03. The molecule has 0 spiro atoms. The zero-order chi connectivity index (χ0) is 17.9. The second-order valence-corrected chi connectivity index (χ2v) is 6.63. The largest absolute Gasteiger partial charge is 0.339 e. The van der Waals surface area contributed by atoms with Crippen LogP contribution in [0.5, 0.6) is 0 Å². The van der Waals surface area contributed by atoms with E-state index >= 15 is 0 Å². The van der Waals surface area contributed by atoms with E-state index in [4.69, 9.17) is 4.52 Å². The van der Waals surface area contributed by atoms with Crippen molar-refractivity contribution in [1.29, 1.82) is 0 Å². The first-order valence-corrected chi connectivity index (χ1v) is 8.74. The second-order valence-electron chi connectivity index (χ2n) is 6.63. The van der Waals surface area contributed by atoms with Crippen LogP contribution >= 0.6 is 0 Å². The zero-order valence-electron chi connectivity index (χ0n) is 14.2. The van der Waals surface area contributed by atoms with Gasteiger partial charge in [0.15, 0.2) is 0 Å². The van der Waals surface area contributed by atoms with Gasteiger partial charge in [0.1, 0.15) is 11.6 Å². The van der Waals surface area contributed by atoms with Crippen LogP contribution in [0.4, 0.5) is 8.78 Å². The van der Waals surface area contributed by atoms with Gasteiger partial charge in [0.05, 0.1) is 5.92 Å². The molecular weight excluding hydrogens is 336 g/mol. The maximum atomic E-state index is 13.9. The lowest BCUT2D eigenvalue weighted by Crippen LogP contribution is -2.34. The van der Waals surface area contributed by atoms with Crippen LogP contribution in [0.25, 0.3) is 11.4 Å². The van der Waals surface area contributed by atoms with Gasteiger partial charge in [0.2, 0.25) is 11.7 Å². The van der Waals surface area contributed by atoms with E-state index in [2.05, 4.69) is 15.0 Å². The molecule has 0 bridgehead atoms. The molecule has 0 aliphatic carbocycles. The predicted octanol–water partition coefficient (Wildman–Crippen LogP) is 4.39. The molecule has 2 aromatic carbocycles. The number of rotatable bonds is 4. The first kappa shape index (κ1) is 16.8. The van der Waals surface area contributed by atoms with Gasteiger partial charge < -0.3 is 4.52 Å². The Morgan fingerprint density at radius 3 is 2.69 bits per heavy atom. The Hall–Kier alpha value is -2.60. The number of hydrogen-bond acceptors (Lipinski definition) is 4. The van der Waals surface area contributed by atoms with Crippen LogP contribution in [0.3, 0.4) is 0 Å². The summed E-state index contributed by atoms with van der Waals surface area (Å²) < 4.78 is 32.4. The van der Waals surface area contributed by atoms with Crippen LogP contribution in [-0.2, 0) is 6.54 Å². The fourth-order valence-corrected chi connectivity index (χ4v) is 3.39. The van der Waals surface area contributed by atoms with Gasteiger partial charge in [-0.15, -0.1) is 0 Å². The molecule has 1 aliphatic rings. The lowest BCUT2D eigenvalue weighted by Gasteiger charge is -2.31. The van der Waals surface area contributed by atoms with Crippen LogP contribution in [-0.4, -0.2) is 28.1 Å². The maximum Gasteiger partial charge on any atom is 0.231 e. The summed E-state index contributed by atoms with van der Waals surface area (Å²) in [5.74, 6) is 0.700. The molecule has 0 saturated carbocycles. The summed E-state index contributed by atoms with van der Waals surface area (Å²) in [6.45, 7) is 2.24. The molecule has 3 aromatic rings. The van der Waals surface area contributed by atoms with E-state index in [0.29, 0.717) is 23.8 Å². The molecule has 0 amide bonds. The molecule has 1 aliphatic heterocycles. The molecule has 26 heavy (non-hydrogen) atoms. The third-order valence-electron chi connectivity index (χ3n) is 4.75. The quantitative estimate of drug-likeness (QED) is 0.696. The summed E-state index contributed by atoms with van der Waals surface area (Å²) in [6.07, 6.45) is 1.95. The summed E-state index contributed by atoms with van der Waals surface area (Å²) in [7, 11) is 0. The van der Waals surface area contributed by atoms with Crippen molar-refractivity contribution in [3.8, 4) is 11.4 Å². The van der Waals surface area contributed by atoms with E-state index in [0.717, 1.165) is 31.5 Å². The predicted molar refractivity (Wildman–Crippen MR) is 93.3 cm³/mol. The third kappa shape index (κ3) is 3.65. The van der Waals surface area contributed by atoms with Gasteiger partial charge in [-0.25, -0.2) is 8.78 Å². The van der Waals surface area contributed by atoms with Crippen molar-refractivity contribution in [2.75, 3.05) is 13.1 Å². The Bertz CT molecular complexity index is 879. The van der Waals surface area contributed by atoms with Crippen molar-refractivity contribution in [3.63, 3.8) is 0 Å². The van der Waals surface area contributed by atoms with Crippen LogP contribution in [0.2, 0.25) is 0 Å². The van der Waals surface area contributed by atoms with Gasteiger partial charge in [0, 0.05) is 24.2 Å². The lowest BCUT2D eigenvalue weighted by molar-refractivity contribution is 0.178. The number of aromatic nitrogens is 2. The molecule has 4 rings (SSSR count). The van der Waals surface area contributed by atoms with Crippen molar-refractivity contribution in [2.45, 2.75) is 25.3 Å². The molecule has 2 heterocycles. The zero-order valence-corrected chi connectivity index (χ0v) is 14.2. The van der Waals surface area contributed by atoms with Crippen LogP contribution in [0.15, 0.2) is 53.1 Å². The average molecular weight is 355 g/mol. The minimum atomic E-state index is -0.298. The minimum Gasteiger partial charge on any atom is -0.339 e. The molecule has 1 fully saturated rings. The van der Waals surface area contributed by atoms with E-state index in [1.807, 2.05) is 12.1 Å². The summed E-state index contributed by atoms with van der Waals surface area (Å²) in [5.41, 5.74) is 1.42. The van der Waals surface area contributed by atoms with Crippen LogP contribution in [0, 0.1) is 11.6 Å². The highest BCUT2D eigenvalue weighted by atomic mass is 19.1. The summed E-state index contributed by atoms with van der Waals surface area (Å²) in [6, 6.07) is 12.9. The van der Waals surface area contributed by atoms with E-state index in [-0.39, 0.29) is 17.6 Å². The fourth-order valence-electron chi connectivity index (χ4n) is 3.39. The van der Waals surface area contributed by atoms with E-state index in [9.17, 15) is 8.78 Å². The van der Waals surface area contributed by atoms with Crippen LogP contribution < -0.4 is 0 Å². The van der Waals surface area contributed by atoms with E-state index in [1.54, 1.807) is 18.2 Å². The number of hydrogen-bond donors (Lipinski definition) is 0. The summed E-state index contributed by atoms with van der Waals surface area (Å²) >= 11 is 0. The van der Waals surface area contributed by atoms with Crippen LogP contribution in [0.1, 0.15) is 30.2 Å². The Labute approximate surface area is 150 Å². The van der Waals surface area contributed by atoms with Gasteiger partial charge in [-0.3, -0.25) is 4.90 Å². The Kier molecular flexibility index (Phi) is 4.75. The molecular formula is C20H19F2N3O. The molecule has 0 radical (unpaired) electrons. The second kappa shape index (κ2) is 7.33. The molecule has 1 atom stereocenters. The van der Waals surface area contributed by atoms with Crippen molar-refractivity contribution < 1.29 is 13.3 Å². The molecule has 134 valence electrons. The van der Waals surface area contributed by atoms with Crippen molar-refractivity contribution in [3.05, 3.63) is 71.6 Å². The van der Waals surface area contributed by atoms with E-state index in [1.165, 1.54) is 18.2 Å². The Morgan fingerprint density at radius 2 is 1.88 bits per heavy atom. The topological polar surface area (TPSA) is 42.2 Å². The van der Waals surface area contributed by atoms with Gasteiger partial charge in [-0.1, -0.05) is 23.4 Å². The third-order valence-corrected chi connectivity index (χ3v) is 4.75. The number of halogens is 2. The standard InChI is InChI=1S/C20H19F2N3O/c21-17-9-7-14(8-10-17)19-23-20(26-24-19)16-5-3-11-25(13-16)12-15-4-1-2-6-18(15)22/h1-2,4,6-10,16H,3,5,11-13H2. The monoisotopic (exact) mass is 355 g/mol. The fraction of sp³-hybridized carbons (Fsp3) is 0.300. The maximum absolute atomic E-state index is 13.9. The average Bonchev–Trinajstić information content (AvgIpc) is 3.15. The lowest BCUT2D eigenvalue weighted by atomic mass is 9.97. The van der Waals surface area contributed by atoms with Crippen molar-refractivity contribution in [1.82, 2.24) is 15.0 Å². The van der Waals surface area contributed by atoms with Gasteiger partial charge in [-0.2, -0.15) is 4.98 Å². The van der Waals surface area contributed by atoms with Crippen molar-refractivity contribution in [2.24, 2.45) is 0 Å². The Morgan fingerprint density at radius 1 is 1.08 bits per heavy atom. The van der Waals surface area contributed by atoms with Gasteiger partial charge in [0.25, 0.3) is 0 Å². The molecule has 1 aromatic heterocycles. The van der Waals surface area contributed by atoms with Gasteiger partial charge in [-0.05, 0) is 49.7 Å². The summed E-state index contributed by atoms with van der Waals surface area (Å²) in [4.78, 5) is 6.71. The smallest absolute Gasteiger partial charge is 0.231 e. The highest BCUT2D eigenvalue weighted by Crippen LogP contribution is 2.28. The highest BCUT2D eigenvalue weighted by molar-refractivity contribution is 5.53. The number of benzene rings is 2. The van der Waals surface area contributed by atoms with E-state index < -0.39 is 0 Å². The normalized spacial score (nSPS) is 18.2. The molecule has 4 nitrogen and oxygen atoms in total.